The summed E-state index contributed by atoms with van der Waals surface area (Å²) in [4.78, 5) is 2.46. The molecule has 0 radical (unpaired) electrons. The monoisotopic (exact) mass is 169 g/mol. The predicted octanol–water partition coefficient (Wildman–Crippen LogP) is 1.41. The topological polar surface area (TPSA) is 23.5 Å². The summed E-state index contributed by atoms with van der Waals surface area (Å²) in [5.74, 6) is 0. The number of nitrogens with zero attached hydrogens (tertiary/aromatic N) is 1. The fraction of sp³-hybridized carbons (Fsp3) is 0.800. The van der Waals surface area contributed by atoms with Crippen molar-refractivity contribution in [1.29, 1.82) is 0 Å². The van der Waals surface area contributed by atoms with Gasteiger partial charge in [-0.1, -0.05) is 6.08 Å². The van der Waals surface area contributed by atoms with Crippen LogP contribution in [-0.2, 0) is 0 Å². The summed E-state index contributed by atoms with van der Waals surface area (Å²) in [7, 11) is 0. The minimum Gasteiger partial charge on any atom is -0.396 e. The van der Waals surface area contributed by atoms with Gasteiger partial charge in [0.15, 0.2) is 0 Å². The highest BCUT2D eigenvalue weighted by atomic mass is 16.2. The number of rotatable bonds is 5. The summed E-state index contributed by atoms with van der Waals surface area (Å²) in [6.07, 6.45) is 6.66. The van der Waals surface area contributed by atoms with Crippen molar-refractivity contribution in [3.05, 3.63) is 12.7 Å². The molecule has 0 saturated carbocycles. The van der Waals surface area contributed by atoms with Gasteiger partial charge in [-0.3, -0.25) is 4.90 Å². The van der Waals surface area contributed by atoms with E-state index in [2.05, 4.69) is 11.5 Å². The maximum atomic E-state index is 8.70. The Kier molecular flexibility index (Phi) is 4.33. The molecule has 1 aliphatic rings. The highest BCUT2D eigenvalue weighted by Gasteiger charge is 2.22. The molecule has 1 heterocycles. The summed E-state index contributed by atoms with van der Waals surface area (Å²) < 4.78 is 0. The van der Waals surface area contributed by atoms with E-state index in [0.29, 0.717) is 12.6 Å². The molecule has 12 heavy (non-hydrogen) atoms. The summed E-state index contributed by atoms with van der Waals surface area (Å²) in [6.45, 7) is 6.30. The Balaban J connectivity index is 2.25. The SMILES string of the molecule is C=CCN1CCCC1CCCO. The Morgan fingerprint density at radius 1 is 1.58 bits per heavy atom. The zero-order valence-electron chi connectivity index (χ0n) is 7.71. The van der Waals surface area contributed by atoms with E-state index in [4.69, 9.17) is 5.11 Å². The molecule has 0 amide bonds. The van der Waals surface area contributed by atoms with Crippen LogP contribution >= 0.6 is 0 Å². The van der Waals surface area contributed by atoms with E-state index >= 15 is 0 Å². The molecule has 1 N–H and O–H groups in total. The Bertz CT molecular complexity index is 136. The first kappa shape index (κ1) is 9.75. The molecule has 0 bridgehead atoms. The number of hydrogen-bond donors (Lipinski definition) is 1. The molecule has 0 aromatic carbocycles. The fourth-order valence-corrected chi connectivity index (χ4v) is 1.96. The van der Waals surface area contributed by atoms with Crippen LogP contribution < -0.4 is 0 Å². The zero-order valence-corrected chi connectivity index (χ0v) is 7.71. The normalized spacial score (nSPS) is 24.6. The molecular formula is C10H19NO. The first-order chi connectivity index (χ1) is 5.88. The average molecular weight is 169 g/mol. The molecular weight excluding hydrogens is 150 g/mol. The second-order valence-corrected chi connectivity index (χ2v) is 3.45. The third-order valence-corrected chi connectivity index (χ3v) is 2.56. The second kappa shape index (κ2) is 5.33. The van der Waals surface area contributed by atoms with Crippen molar-refractivity contribution in [2.24, 2.45) is 0 Å². The average Bonchev–Trinajstić information content (AvgIpc) is 2.50. The third kappa shape index (κ3) is 2.61. The van der Waals surface area contributed by atoms with Crippen LogP contribution in [0.2, 0.25) is 0 Å². The Morgan fingerprint density at radius 2 is 2.42 bits per heavy atom. The highest BCUT2D eigenvalue weighted by Crippen LogP contribution is 2.20. The summed E-state index contributed by atoms with van der Waals surface area (Å²) in [6, 6.07) is 0.704. The lowest BCUT2D eigenvalue weighted by molar-refractivity contribution is 0.230. The lowest BCUT2D eigenvalue weighted by Gasteiger charge is -2.22. The van der Waals surface area contributed by atoms with Crippen LogP contribution in [0.3, 0.4) is 0 Å². The lowest BCUT2D eigenvalue weighted by atomic mass is 10.1. The van der Waals surface area contributed by atoms with E-state index in [0.717, 1.165) is 19.4 Å². The Morgan fingerprint density at radius 3 is 3.08 bits per heavy atom. The van der Waals surface area contributed by atoms with Crippen LogP contribution in [0.1, 0.15) is 25.7 Å². The second-order valence-electron chi connectivity index (χ2n) is 3.45. The van der Waals surface area contributed by atoms with E-state index in [1.54, 1.807) is 0 Å². The Hall–Kier alpha value is -0.340. The van der Waals surface area contributed by atoms with Crippen molar-refractivity contribution in [2.45, 2.75) is 31.7 Å². The van der Waals surface area contributed by atoms with Crippen molar-refractivity contribution in [1.82, 2.24) is 4.90 Å². The lowest BCUT2D eigenvalue weighted by Crippen LogP contribution is -2.29. The Labute approximate surface area is 74.9 Å². The van der Waals surface area contributed by atoms with Crippen molar-refractivity contribution in [3.63, 3.8) is 0 Å². The molecule has 1 saturated heterocycles. The molecule has 1 rings (SSSR count). The van der Waals surface area contributed by atoms with Gasteiger partial charge < -0.3 is 5.11 Å². The molecule has 0 aliphatic carbocycles. The van der Waals surface area contributed by atoms with Crippen LogP contribution in [0.4, 0.5) is 0 Å². The highest BCUT2D eigenvalue weighted by molar-refractivity contribution is 4.84. The van der Waals surface area contributed by atoms with Gasteiger partial charge in [-0.05, 0) is 32.2 Å². The fourth-order valence-electron chi connectivity index (χ4n) is 1.96. The quantitative estimate of drug-likeness (QED) is 0.629. The van der Waals surface area contributed by atoms with E-state index < -0.39 is 0 Å². The van der Waals surface area contributed by atoms with Gasteiger partial charge in [0.25, 0.3) is 0 Å². The molecule has 0 aromatic heterocycles. The van der Waals surface area contributed by atoms with Gasteiger partial charge in [0, 0.05) is 19.2 Å². The van der Waals surface area contributed by atoms with E-state index in [1.807, 2.05) is 6.08 Å². The summed E-state index contributed by atoms with van der Waals surface area (Å²) in [5.41, 5.74) is 0. The smallest absolute Gasteiger partial charge is 0.0431 e. The number of hydrogen-bond acceptors (Lipinski definition) is 2. The van der Waals surface area contributed by atoms with Crippen molar-refractivity contribution in [3.8, 4) is 0 Å². The standard InChI is InChI=1S/C10H19NO/c1-2-7-11-8-3-5-10(11)6-4-9-12/h2,10,12H,1,3-9H2. The molecule has 0 aromatic rings. The molecule has 2 heteroatoms. The molecule has 1 fully saturated rings. The van der Waals surface area contributed by atoms with E-state index in [-0.39, 0.29) is 0 Å². The first-order valence-corrected chi connectivity index (χ1v) is 4.84. The van der Waals surface area contributed by atoms with Crippen LogP contribution in [0.5, 0.6) is 0 Å². The minimum absolute atomic E-state index is 0.332. The van der Waals surface area contributed by atoms with Crippen LogP contribution in [0.15, 0.2) is 12.7 Å². The van der Waals surface area contributed by atoms with Gasteiger partial charge in [0.1, 0.15) is 0 Å². The molecule has 0 spiro atoms. The number of aliphatic hydroxyl groups excluding tert-OH is 1. The van der Waals surface area contributed by atoms with Gasteiger partial charge >= 0.3 is 0 Å². The van der Waals surface area contributed by atoms with Gasteiger partial charge in [0.05, 0.1) is 0 Å². The third-order valence-electron chi connectivity index (χ3n) is 2.56. The minimum atomic E-state index is 0.332. The largest absolute Gasteiger partial charge is 0.396 e. The van der Waals surface area contributed by atoms with Gasteiger partial charge in [-0.15, -0.1) is 6.58 Å². The zero-order chi connectivity index (χ0) is 8.81. The predicted molar refractivity (Wildman–Crippen MR) is 51.1 cm³/mol. The van der Waals surface area contributed by atoms with Crippen LogP contribution in [-0.4, -0.2) is 35.7 Å². The molecule has 1 aliphatic heterocycles. The number of likely N-dealkylation sites (tertiary alicyclic amines) is 1. The van der Waals surface area contributed by atoms with Gasteiger partial charge in [-0.25, -0.2) is 0 Å². The molecule has 1 unspecified atom stereocenters. The van der Waals surface area contributed by atoms with Crippen LogP contribution in [0, 0.1) is 0 Å². The molecule has 70 valence electrons. The summed E-state index contributed by atoms with van der Waals surface area (Å²) >= 11 is 0. The molecule has 1 atom stereocenters. The van der Waals surface area contributed by atoms with Crippen molar-refractivity contribution in [2.75, 3.05) is 19.7 Å². The van der Waals surface area contributed by atoms with Gasteiger partial charge in [0.2, 0.25) is 0 Å². The van der Waals surface area contributed by atoms with Crippen LogP contribution in [0.25, 0.3) is 0 Å². The molecule has 2 nitrogen and oxygen atoms in total. The van der Waals surface area contributed by atoms with Crippen molar-refractivity contribution < 1.29 is 5.11 Å². The summed E-state index contributed by atoms with van der Waals surface area (Å²) in [5, 5.41) is 8.70. The first-order valence-electron chi connectivity index (χ1n) is 4.84. The van der Waals surface area contributed by atoms with E-state index in [9.17, 15) is 0 Å². The number of aliphatic hydroxyl groups is 1. The maximum absolute atomic E-state index is 8.70. The van der Waals surface area contributed by atoms with Gasteiger partial charge in [-0.2, -0.15) is 0 Å². The maximum Gasteiger partial charge on any atom is 0.0431 e. The van der Waals surface area contributed by atoms with E-state index in [1.165, 1.54) is 19.4 Å². The van der Waals surface area contributed by atoms with Crippen molar-refractivity contribution >= 4 is 0 Å².